The summed E-state index contributed by atoms with van der Waals surface area (Å²) in [6, 6.07) is 0. The lowest BCUT2D eigenvalue weighted by Crippen LogP contribution is -2.51. The number of hydrogen-bond donors (Lipinski definition) is 5. The zero-order chi connectivity index (χ0) is 27.4. The van der Waals surface area contributed by atoms with Gasteiger partial charge in [0.1, 0.15) is 0 Å². The molecule has 0 fully saturated rings. The Labute approximate surface area is 223 Å². The van der Waals surface area contributed by atoms with Crippen LogP contribution in [0.3, 0.4) is 0 Å². The van der Waals surface area contributed by atoms with Crippen molar-refractivity contribution in [3.63, 3.8) is 0 Å². The van der Waals surface area contributed by atoms with E-state index >= 15 is 0 Å². The molecule has 1 amide bonds. The number of rotatable bonds is 14. The molecular weight excluding hydrogens is 489 g/mol. The molecule has 2 rings (SSSR count). The molecule has 2 atom stereocenters. The first-order valence-corrected chi connectivity index (χ1v) is 13.2. The van der Waals surface area contributed by atoms with E-state index in [1.807, 2.05) is 19.1 Å². The van der Waals surface area contributed by atoms with Gasteiger partial charge in [0.2, 0.25) is 5.91 Å². The van der Waals surface area contributed by atoms with Gasteiger partial charge in [-0.3, -0.25) is 9.59 Å². The molecule has 0 bridgehead atoms. The van der Waals surface area contributed by atoms with Gasteiger partial charge in [0.05, 0.1) is 17.6 Å². The van der Waals surface area contributed by atoms with Gasteiger partial charge in [0.15, 0.2) is 0 Å². The summed E-state index contributed by atoms with van der Waals surface area (Å²) in [5.41, 5.74) is 9.51. The summed E-state index contributed by atoms with van der Waals surface area (Å²) >= 11 is 1.03. The van der Waals surface area contributed by atoms with E-state index in [2.05, 4.69) is 31.0 Å². The van der Waals surface area contributed by atoms with Crippen LogP contribution in [0.1, 0.15) is 39.5 Å². The fraction of sp³-hybridized carbons (Fsp3) is 0.385. The molecule has 1 aliphatic rings. The van der Waals surface area contributed by atoms with E-state index in [0.717, 1.165) is 36.2 Å². The van der Waals surface area contributed by atoms with Gasteiger partial charge in [-0.1, -0.05) is 72.4 Å². The quantitative estimate of drug-likeness (QED) is 0.108. The standard InChI is InChI=1S/C26H38BN5O4S/c1-4-8-21(9-5-2)23(28)18-32(29)17-22(16-31-12-13-37-26(31)34)25(33)30-24(27(35)36)15-20-11-7-10-19(6-3)14-20/h4-5,8-9,11-14,18,22,24,35-36H,1,6-7,10,15-17,28-29H2,2-3H3,(H,30,33)/b9-5-,21-8+,23-18-/t22?,24-/m0/s1. The molecule has 0 saturated heterocycles. The van der Waals surface area contributed by atoms with Crippen LogP contribution in [0.5, 0.6) is 0 Å². The SMILES string of the molecule is C=C/C=C(\C=C/C)C(/N)=C/N(N)CC(Cn1ccsc1=O)C(=O)N[C@@H](CC1=CCCC(CC)=C1)B(O)O. The van der Waals surface area contributed by atoms with Crippen LogP contribution in [-0.4, -0.2) is 45.1 Å². The maximum atomic E-state index is 13.4. The van der Waals surface area contributed by atoms with Crippen molar-refractivity contribution < 1.29 is 14.8 Å². The molecule has 1 unspecified atom stereocenters. The van der Waals surface area contributed by atoms with Crippen LogP contribution in [0.4, 0.5) is 0 Å². The molecule has 0 radical (unpaired) electrons. The molecule has 0 aromatic carbocycles. The number of hydrazine groups is 1. The van der Waals surface area contributed by atoms with Crippen molar-refractivity contribution in [1.29, 1.82) is 0 Å². The van der Waals surface area contributed by atoms with Gasteiger partial charge in [0, 0.05) is 30.9 Å². The van der Waals surface area contributed by atoms with Crippen LogP contribution in [0.2, 0.25) is 0 Å². The van der Waals surface area contributed by atoms with E-state index in [1.54, 1.807) is 23.7 Å². The highest BCUT2D eigenvalue weighted by molar-refractivity contribution is 7.07. The maximum absolute atomic E-state index is 13.4. The summed E-state index contributed by atoms with van der Waals surface area (Å²) in [5, 5.41) is 25.7. The molecule has 1 heterocycles. The van der Waals surface area contributed by atoms with Crippen molar-refractivity contribution in [3.05, 3.63) is 92.9 Å². The summed E-state index contributed by atoms with van der Waals surface area (Å²) in [4.78, 5) is 25.3. The van der Waals surface area contributed by atoms with Crippen molar-refractivity contribution in [2.24, 2.45) is 17.5 Å². The zero-order valence-electron chi connectivity index (χ0n) is 21.5. The third-order valence-corrected chi connectivity index (χ3v) is 6.70. The Morgan fingerprint density at radius 3 is 2.78 bits per heavy atom. The average Bonchev–Trinajstić information content (AvgIpc) is 3.27. The van der Waals surface area contributed by atoms with Crippen LogP contribution in [0, 0.1) is 5.92 Å². The van der Waals surface area contributed by atoms with Crippen molar-refractivity contribution in [2.45, 2.75) is 52.0 Å². The number of allylic oxidation sites excluding steroid dienone is 7. The van der Waals surface area contributed by atoms with Crippen molar-refractivity contribution in [3.8, 4) is 0 Å². The zero-order valence-corrected chi connectivity index (χ0v) is 22.4. The van der Waals surface area contributed by atoms with E-state index in [9.17, 15) is 19.6 Å². The molecule has 0 saturated carbocycles. The minimum Gasteiger partial charge on any atom is -0.426 e. The predicted octanol–water partition coefficient (Wildman–Crippen LogP) is 2.13. The van der Waals surface area contributed by atoms with Crippen LogP contribution in [-0.2, 0) is 11.3 Å². The summed E-state index contributed by atoms with van der Waals surface area (Å²) in [7, 11) is -1.76. The van der Waals surface area contributed by atoms with Gasteiger partial charge >= 0.3 is 12.0 Å². The number of carbonyl (C=O) groups excluding carboxylic acids is 1. The monoisotopic (exact) mass is 527 g/mol. The number of nitrogens with two attached hydrogens (primary N) is 2. The number of aromatic nitrogens is 1. The van der Waals surface area contributed by atoms with Gasteiger partial charge in [-0.2, -0.15) is 0 Å². The van der Waals surface area contributed by atoms with Crippen LogP contribution in [0.25, 0.3) is 0 Å². The highest BCUT2D eigenvalue weighted by Gasteiger charge is 2.30. The molecule has 1 aromatic rings. The first-order valence-electron chi connectivity index (χ1n) is 12.3. The third-order valence-electron chi connectivity index (χ3n) is 6.00. The van der Waals surface area contributed by atoms with Crippen molar-refractivity contribution >= 4 is 24.4 Å². The summed E-state index contributed by atoms with van der Waals surface area (Å²) in [6.45, 7) is 7.73. The van der Waals surface area contributed by atoms with E-state index in [0.29, 0.717) is 11.3 Å². The van der Waals surface area contributed by atoms with Gasteiger partial charge in [-0.05, 0) is 38.2 Å². The number of nitrogens with one attached hydrogen (secondary N) is 1. The van der Waals surface area contributed by atoms with Crippen LogP contribution >= 0.6 is 11.3 Å². The molecule has 0 spiro atoms. The molecule has 200 valence electrons. The largest absolute Gasteiger partial charge is 0.475 e. The Morgan fingerprint density at radius 2 is 2.19 bits per heavy atom. The number of hydrogen-bond acceptors (Lipinski definition) is 8. The number of thiazole rings is 1. The predicted molar refractivity (Wildman–Crippen MR) is 151 cm³/mol. The van der Waals surface area contributed by atoms with E-state index in [1.165, 1.54) is 21.3 Å². The summed E-state index contributed by atoms with van der Waals surface area (Å²) < 4.78 is 1.43. The fourth-order valence-electron chi connectivity index (χ4n) is 4.04. The van der Waals surface area contributed by atoms with E-state index in [4.69, 9.17) is 11.6 Å². The van der Waals surface area contributed by atoms with Gasteiger partial charge in [-0.15, -0.1) is 0 Å². The summed E-state index contributed by atoms with van der Waals surface area (Å²) in [5.74, 6) is 4.05. The highest BCUT2D eigenvalue weighted by Crippen LogP contribution is 2.23. The average molecular weight is 528 g/mol. The van der Waals surface area contributed by atoms with Crippen molar-refractivity contribution in [1.82, 2.24) is 14.9 Å². The molecule has 1 aromatic heterocycles. The Hall–Kier alpha value is -3.12. The topological polar surface area (TPSA) is 147 Å². The lowest BCUT2D eigenvalue weighted by Gasteiger charge is -2.26. The van der Waals surface area contributed by atoms with Gasteiger partial charge in [0.25, 0.3) is 0 Å². The maximum Gasteiger partial charge on any atom is 0.475 e. The number of carbonyl (C=O) groups is 1. The Morgan fingerprint density at radius 1 is 1.43 bits per heavy atom. The Kier molecular flexibility index (Phi) is 12.4. The molecule has 11 heteroatoms. The Bertz CT molecular complexity index is 1130. The number of amides is 1. The minimum absolute atomic E-state index is 0.0306. The van der Waals surface area contributed by atoms with E-state index < -0.39 is 24.9 Å². The third kappa shape index (κ3) is 9.69. The lowest BCUT2D eigenvalue weighted by atomic mass is 9.74. The second kappa shape index (κ2) is 15.2. The van der Waals surface area contributed by atoms with Crippen LogP contribution in [0.15, 0.2) is 88.0 Å². The van der Waals surface area contributed by atoms with Gasteiger partial charge < -0.3 is 30.7 Å². The Balaban J connectivity index is 2.24. The minimum atomic E-state index is -1.76. The molecule has 37 heavy (non-hydrogen) atoms. The second-order valence-corrected chi connectivity index (χ2v) is 9.72. The molecule has 7 N–H and O–H groups in total. The first kappa shape index (κ1) is 30.1. The normalized spacial score (nSPS) is 16.1. The molecular formula is C26H38BN5O4S. The molecule has 0 aliphatic heterocycles. The fourth-order valence-corrected chi connectivity index (χ4v) is 4.64. The van der Waals surface area contributed by atoms with Crippen LogP contribution < -0.4 is 21.8 Å². The first-order chi connectivity index (χ1) is 17.7. The highest BCUT2D eigenvalue weighted by atomic mass is 32.1. The number of nitrogens with zero attached hydrogens (tertiary/aromatic N) is 2. The van der Waals surface area contributed by atoms with Crippen molar-refractivity contribution in [2.75, 3.05) is 6.54 Å². The lowest BCUT2D eigenvalue weighted by molar-refractivity contribution is -0.126. The molecule has 1 aliphatic carbocycles. The second-order valence-electron chi connectivity index (χ2n) is 8.86. The van der Waals surface area contributed by atoms with Gasteiger partial charge in [-0.25, -0.2) is 5.84 Å². The van der Waals surface area contributed by atoms with E-state index in [-0.39, 0.29) is 24.4 Å². The molecule has 9 nitrogen and oxygen atoms in total. The smallest absolute Gasteiger partial charge is 0.426 e. The summed E-state index contributed by atoms with van der Waals surface area (Å²) in [6.07, 6.45) is 17.3.